The maximum absolute atomic E-state index is 6.25. The van der Waals surface area contributed by atoms with Gasteiger partial charge in [-0.2, -0.15) is 0 Å². The highest BCUT2D eigenvalue weighted by atomic mass is 35.5. The molecule has 1 unspecified atom stereocenters. The third-order valence-corrected chi connectivity index (χ3v) is 4.68. The molecule has 0 spiro atoms. The fourth-order valence-corrected chi connectivity index (χ4v) is 3.45. The van der Waals surface area contributed by atoms with E-state index < -0.39 is 0 Å². The van der Waals surface area contributed by atoms with E-state index in [1.54, 1.807) is 0 Å². The second kappa shape index (κ2) is 7.52. The normalized spacial score (nSPS) is 19.1. The van der Waals surface area contributed by atoms with Crippen molar-refractivity contribution in [1.82, 2.24) is 5.32 Å². The molecule has 0 radical (unpaired) electrons. The zero-order valence-electron chi connectivity index (χ0n) is 11.6. The van der Waals surface area contributed by atoms with Crippen LogP contribution in [0.15, 0.2) is 18.2 Å². The third-order valence-electron chi connectivity index (χ3n) is 4.12. The van der Waals surface area contributed by atoms with Gasteiger partial charge in [0.25, 0.3) is 0 Å². The average molecular weight is 300 g/mol. The van der Waals surface area contributed by atoms with Gasteiger partial charge in [0.2, 0.25) is 0 Å². The van der Waals surface area contributed by atoms with Gasteiger partial charge in [-0.3, -0.25) is 0 Å². The van der Waals surface area contributed by atoms with Gasteiger partial charge in [-0.15, -0.1) is 0 Å². The van der Waals surface area contributed by atoms with Gasteiger partial charge in [0, 0.05) is 16.1 Å². The number of nitrogens with one attached hydrogen (secondary N) is 1. The van der Waals surface area contributed by atoms with Gasteiger partial charge in [-0.05, 0) is 49.9 Å². The molecule has 1 atom stereocenters. The predicted octanol–water partition coefficient (Wildman–Crippen LogP) is 5.61. The number of hydrogen-bond donors (Lipinski definition) is 1. The van der Waals surface area contributed by atoms with Crippen molar-refractivity contribution in [3.63, 3.8) is 0 Å². The van der Waals surface area contributed by atoms with Gasteiger partial charge in [0.1, 0.15) is 0 Å². The molecular weight excluding hydrogens is 277 g/mol. The minimum Gasteiger partial charge on any atom is -0.310 e. The molecule has 1 aliphatic carbocycles. The van der Waals surface area contributed by atoms with Crippen LogP contribution in [0.25, 0.3) is 0 Å². The van der Waals surface area contributed by atoms with E-state index in [1.165, 1.54) is 38.5 Å². The van der Waals surface area contributed by atoms with Crippen LogP contribution in [0.2, 0.25) is 10.0 Å². The van der Waals surface area contributed by atoms with E-state index in [2.05, 4.69) is 12.2 Å². The van der Waals surface area contributed by atoms with Crippen LogP contribution in [0.3, 0.4) is 0 Å². The molecule has 1 fully saturated rings. The fraction of sp³-hybridized carbons (Fsp3) is 0.625. The van der Waals surface area contributed by atoms with E-state index in [-0.39, 0.29) is 6.04 Å². The Morgan fingerprint density at radius 1 is 1.16 bits per heavy atom. The van der Waals surface area contributed by atoms with Gasteiger partial charge in [0.15, 0.2) is 0 Å². The summed E-state index contributed by atoms with van der Waals surface area (Å²) in [6.45, 7) is 3.27. The molecule has 1 saturated carbocycles. The number of halogens is 2. The van der Waals surface area contributed by atoms with Gasteiger partial charge in [-0.25, -0.2) is 0 Å². The summed E-state index contributed by atoms with van der Waals surface area (Å²) in [5.41, 5.74) is 1.14. The summed E-state index contributed by atoms with van der Waals surface area (Å²) in [5.74, 6) is 0.830. The summed E-state index contributed by atoms with van der Waals surface area (Å²) in [4.78, 5) is 0. The molecule has 3 heteroatoms. The van der Waals surface area contributed by atoms with E-state index >= 15 is 0 Å². The molecule has 1 nitrogen and oxygen atoms in total. The summed E-state index contributed by atoms with van der Waals surface area (Å²) in [6.07, 6.45) is 8.34. The molecule has 0 aliphatic heterocycles. The van der Waals surface area contributed by atoms with Crippen molar-refractivity contribution in [1.29, 1.82) is 0 Å². The zero-order valence-corrected chi connectivity index (χ0v) is 13.1. The van der Waals surface area contributed by atoms with Gasteiger partial charge in [0.05, 0.1) is 0 Å². The first-order valence-corrected chi connectivity index (χ1v) is 8.10. The first-order valence-electron chi connectivity index (χ1n) is 7.35. The molecule has 0 amide bonds. The lowest BCUT2D eigenvalue weighted by molar-refractivity contribution is 0.403. The molecule has 0 heterocycles. The molecule has 0 aromatic heterocycles. The van der Waals surface area contributed by atoms with Crippen LogP contribution < -0.4 is 5.32 Å². The maximum Gasteiger partial charge on any atom is 0.0468 e. The topological polar surface area (TPSA) is 12.0 Å². The lowest BCUT2D eigenvalue weighted by Gasteiger charge is -2.20. The van der Waals surface area contributed by atoms with Crippen LogP contribution in [0.5, 0.6) is 0 Å². The summed E-state index contributed by atoms with van der Waals surface area (Å²) < 4.78 is 0. The van der Waals surface area contributed by atoms with E-state index in [4.69, 9.17) is 23.2 Å². The van der Waals surface area contributed by atoms with Crippen LogP contribution in [0, 0.1) is 5.92 Å². The number of hydrogen-bond acceptors (Lipinski definition) is 1. The molecule has 2 rings (SSSR count). The molecule has 1 N–H and O–H groups in total. The molecular formula is C16H23Cl2N. The van der Waals surface area contributed by atoms with Gasteiger partial charge in [-0.1, -0.05) is 55.0 Å². The van der Waals surface area contributed by atoms with Crippen molar-refractivity contribution < 1.29 is 0 Å². The Morgan fingerprint density at radius 2 is 1.84 bits per heavy atom. The second-order valence-electron chi connectivity index (χ2n) is 5.65. The minimum atomic E-state index is 0.285. The van der Waals surface area contributed by atoms with Gasteiger partial charge < -0.3 is 5.32 Å². The van der Waals surface area contributed by atoms with Crippen molar-refractivity contribution in [2.45, 2.75) is 51.5 Å². The zero-order chi connectivity index (χ0) is 13.7. The van der Waals surface area contributed by atoms with Crippen LogP contribution >= 0.6 is 23.2 Å². The third kappa shape index (κ3) is 4.66. The Kier molecular flexibility index (Phi) is 6.00. The average Bonchev–Trinajstić information content (AvgIpc) is 2.64. The van der Waals surface area contributed by atoms with Crippen molar-refractivity contribution >= 4 is 23.2 Å². The molecule has 1 aromatic carbocycles. The molecule has 1 aliphatic rings. The largest absolute Gasteiger partial charge is 0.310 e. The smallest absolute Gasteiger partial charge is 0.0468 e. The van der Waals surface area contributed by atoms with Crippen LogP contribution in [0.1, 0.15) is 57.1 Å². The lowest BCUT2D eigenvalue weighted by atomic mass is 9.99. The Morgan fingerprint density at radius 3 is 2.47 bits per heavy atom. The summed E-state index contributed by atoms with van der Waals surface area (Å²) in [7, 11) is 0. The summed E-state index contributed by atoms with van der Waals surface area (Å²) >= 11 is 12.2. The van der Waals surface area contributed by atoms with Crippen LogP contribution in [0.4, 0.5) is 0 Å². The van der Waals surface area contributed by atoms with Crippen molar-refractivity contribution in [2.24, 2.45) is 5.92 Å². The first-order chi connectivity index (χ1) is 9.16. The Hall–Kier alpha value is -0.240. The summed E-state index contributed by atoms with van der Waals surface area (Å²) in [6, 6.07) is 6.04. The quantitative estimate of drug-likeness (QED) is 0.712. The number of benzene rings is 1. The van der Waals surface area contributed by atoms with Crippen LogP contribution in [-0.4, -0.2) is 6.54 Å². The van der Waals surface area contributed by atoms with E-state index in [1.807, 2.05) is 18.2 Å². The Balaban J connectivity index is 1.87. The van der Waals surface area contributed by atoms with E-state index in [0.717, 1.165) is 23.0 Å². The SMILES string of the molecule is CC(NCC1CCCCCC1)c1ccc(Cl)cc1Cl. The van der Waals surface area contributed by atoms with Crippen molar-refractivity contribution in [3.8, 4) is 0 Å². The van der Waals surface area contributed by atoms with E-state index in [9.17, 15) is 0 Å². The highest BCUT2D eigenvalue weighted by Gasteiger charge is 2.15. The Bertz CT molecular complexity index is 398. The monoisotopic (exact) mass is 299 g/mol. The van der Waals surface area contributed by atoms with Crippen molar-refractivity contribution in [3.05, 3.63) is 33.8 Å². The fourth-order valence-electron chi connectivity index (χ4n) is 2.87. The van der Waals surface area contributed by atoms with Crippen molar-refractivity contribution in [2.75, 3.05) is 6.54 Å². The van der Waals surface area contributed by atoms with Crippen LogP contribution in [-0.2, 0) is 0 Å². The highest BCUT2D eigenvalue weighted by Crippen LogP contribution is 2.27. The summed E-state index contributed by atoms with van der Waals surface area (Å²) in [5, 5.41) is 5.09. The minimum absolute atomic E-state index is 0.285. The highest BCUT2D eigenvalue weighted by molar-refractivity contribution is 6.35. The lowest BCUT2D eigenvalue weighted by Crippen LogP contribution is -2.25. The molecule has 0 bridgehead atoms. The Labute approximate surface area is 126 Å². The van der Waals surface area contributed by atoms with E-state index in [0.29, 0.717) is 5.02 Å². The standard InChI is InChI=1S/C16H23Cl2N/c1-12(15-9-8-14(17)10-16(15)18)19-11-13-6-4-2-3-5-7-13/h8-10,12-13,19H,2-7,11H2,1H3. The second-order valence-corrected chi connectivity index (χ2v) is 6.50. The molecule has 106 valence electrons. The molecule has 1 aromatic rings. The number of rotatable bonds is 4. The maximum atomic E-state index is 6.25. The first kappa shape index (κ1) is 15.2. The molecule has 0 saturated heterocycles. The van der Waals surface area contributed by atoms with Gasteiger partial charge >= 0.3 is 0 Å². The predicted molar refractivity (Wildman–Crippen MR) is 84.1 cm³/mol. The molecule has 19 heavy (non-hydrogen) atoms.